The average Bonchev–Trinajstić information content (AvgIpc) is 2.79. The van der Waals surface area contributed by atoms with Crippen LogP contribution in [0, 0.1) is 13.8 Å². The molecular formula is C17H23N3O3S. The quantitative estimate of drug-likeness (QED) is 0.895. The molecule has 1 amide bonds. The fourth-order valence-corrected chi connectivity index (χ4v) is 3.28. The molecule has 24 heavy (non-hydrogen) atoms. The van der Waals surface area contributed by atoms with Crippen LogP contribution in [0.25, 0.3) is 0 Å². The Hall–Kier alpha value is -2.12. The highest BCUT2D eigenvalue weighted by atomic mass is 32.2. The van der Waals surface area contributed by atoms with E-state index in [0.717, 1.165) is 21.3 Å². The second kappa shape index (κ2) is 6.78. The summed E-state index contributed by atoms with van der Waals surface area (Å²) in [7, 11) is 1.45. The van der Waals surface area contributed by atoms with Crippen LogP contribution < -0.4 is 5.32 Å². The largest absolute Gasteiger partial charge is 0.352 e. The number of nitrogens with one attached hydrogen (secondary N) is 1. The third-order valence-corrected chi connectivity index (χ3v) is 6.04. The Kier molecular flexibility index (Phi) is 5.15. The highest BCUT2D eigenvalue weighted by molar-refractivity contribution is 7.89. The zero-order valence-corrected chi connectivity index (χ0v) is 15.4. The lowest BCUT2D eigenvalue weighted by Gasteiger charge is -2.11. The van der Waals surface area contributed by atoms with Gasteiger partial charge < -0.3 is 9.88 Å². The molecule has 0 unspecified atom stereocenters. The van der Waals surface area contributed by atoms with Gasteiger partial charge in [0, 0.05) is 44.6 Å². The van der Waals surface area contributed by atoms with Crippen molar-refractivity contribution in [3.63, 3.8) is 0 Å². The van der Waals surface area contributed by atoms with Gasteiger partial charge in [-0.3, -0.25) is 4.79 Å². The standard InChI is InChI=1S/C17H23N3O3S/c1-12-10-15(13(2)20(12)5)11-18-17(21)14-6-8-16(9-7-14)24(22,23)19(3)4/h6-10H,11H2,1-5H3,(H,18,21). The number of hydrogen-bond acceptors (Lipinski definition) is 3. The Balaban J connectivity index is 2.09. The Labute approximate surface area is 143 Å². The summed E-state index contributed by atoms with van der Waals surface area (Å²) in [6, 6.07) is 7.98. The van der Waals surface area contributed by atoms with Crippen LogP contribution in [0.2, 0.25) is 0 Å². The molecule has 0 radical (unpaired) electrons. The minimum atomic E-state index is -3.48. The molecule has 1 aromatic carbocycles. The van der Waals surface area contributed by atoms with E-state index in [1.54, 1.807) is 0 Å². The molecule has 0 saturated heterocycles. The van der Waals surface area contributed by atoms with Crippen molar-refractivity contribution in [2.75, 3.05) is 14.1 Å². The van der Waals surface area contributed by atoms with E-state index < -0.39 is 10.0 Å². The monoisotopic (exact) mass is 349 g/mol. The van der Waals surface area contributed by atoms with Crippen molar-refractivity contribution < 1.29 is 13.2 Å². The highest BCUT2D eigenvalue weighted by Crippen LogP contribution is 2.15. The summed E-state index contributed by atoms with van der Waals surface area (Å²) in [5.41, 5.74) is 3.74. The van der Waals surface area contributed by atoms with E-state index in [9.17, 15) is 13.2 Å². The van der Waals surface area contributed by atoms with E-state index >= 15 is 0 Å². The zero-order valence-electron chi connectivity index (χ0n) is 14.6. The Morgan fingerprint density at radius 3 is 2.21 bits per heavy atom. The molecule has 0 atom stereocenters. The fraction of sp³-hybridized carbons (Fsp3) is 0.353. The molecule has 0 spiro atoms. The third kappa shape index (κ3) is 3.52. The van der Waals surface area contributed by atoms with Gasteiger partial charge in [-0.2, -0.15) is 0 Å². The van der Waals surface area contributed by atoms with Gasteiger partial charge in [-0.15, -0.1) is 0 Å². The topological polar surface area (TPSA) is 71.4 Å². The lowest BCUT2D eigenvalue weighted by Crippen LogP contribution is -2.24. The Morgan fingerprint density at radius 2 is 1.75 bits per heavy atom. The number of hydrogen-bond donors (Lipinski definition) is 1. The van der Waals surface area contributed by atoms with Gasteiger partial charge in [0.1, 0.15) is 0 Å². The van der Waals surface area contributed by atoms with E-state index in [-0.39, 0.29) is 10.8 Å². The first-order chi connectivity index (χ1) is 11.1. The summed E-state index contributed by atoms with van der Waals surface area (Å²) in [4.78, 5) is 12.4. The molecular weight excluding hydrogens is 326 g/mol. The molecule has 0 aliphatic carbocycles. The summed E-state index contributed by atoms with van der Waals surface area (Å²) >= 11 is 0. The lowest BCUT2D eigenvalue weighted by atomic mass is 10.2. The summed E-state index contributed by atoms with van der Waals surface area (Å²) in [5, 5.41) is 2.87. The number of sulfonamides is 1. The number of carbonyl (C=O) groups is 1. The van der Waals surface area contributed by atoms with Gasteiger partial charge in [-0.25, -0.2) is 12.7 Å². The molecule has 0 saturated carbocycles. The molecule has 0 fully saturated rings. The zero-order chi connectivity index (χ0) is 18.1. The molecule has 7 heteroatoms. The van der Waals surface area contributed by atoms with Crippen LogP contribution in [0.3, 0.4) is 0 Å². The first kappa shape index (κ1) is 18.2. The molecule has 1 aromatic heterocycles. The van der Waals surface area contributed by atoms with E-state index in [4.69, 9.17) is 0 Å². The normalized spacial score (nSPS) is 11.8. The second-order valence-electron chi connectivity index (χ2n) is 5.95. The van der Waals surface area contributed by atoms with Crippen molar-refractivity contribution >= 4 is 15.9 Å². The van der Waals surface area contributed by atoms with Crippen LogP contribution in [0.4, 0.5) is 0 Å². The molecule has 0 aliphatic rings. The molecule has 0 bridgehead atoms. The number of amides is 1. The van der Waals surface area contributed by atoms with Gasteiger partial charge in [0.25, 0.3) is 5.91 Å². The van der Waals surface area contributed by atoms with Crippen LogP contribution in [0.1, 0.15) is 27.3 Å². The maximum atomic E-state index is 12.2. The predicted molar refractivity (Wildman–Crippen MR) is 93.4 cm³/mol. The van der Waals surface area contributed by atoms with Crippen molar-refractivity contribution in [2.45, 2.75) is 25.3 Å². The molecule has 2 aromatic rings. The second-order valence-corrected chi connectivity index (χ2v) is 8.10. The van der Waals surface area contributed by atoms with Gasteiger partial charge in [0.2, 0.25) is 10.0 Å². The molecule has 130 valence electrons. The lowest BCUT2D eigenvalue weighted by molar-refractivity contribution is 0.0950. The van der Waals surface area contributed by atoms with Gasteiger partial charge in [0.05, 0.1) is 4.90 Å². The van der Waals surface area contributed by atoms with Crippen LogP contribution in [-0.4, -0.2) is 37.3 Å². The predicted octanol–water partition coefficient (Wildman–Crippen LogP) is 1.82. The summed E-state index contributed by atoms with van der Waals surface area (Å²) in [5.74, 6) is -0.232. The molecule has 2 rings (SSSR count). The Bertz CT molecular complexity index is 850. The van der Waals surface area contributed by atoms with E-state index in [1.165, 1.54) is 38.4 Å². The number of benzene rings is 1. The summed E-state index contributed by atoms with van der Waals surface area (Å²) in [6.07, 6.45) is 0. The number of carbonyl (C=O) groups excluding carboxylic acids is 1. The van der Waals surface area contributed by atoms with Crippen molar-refractivity contribution in [1.82, 2.24) is 14.2 Å². The van der Waals surface area contributed by atoms with Crippen LogP contribution in [-0.2, 0) is 23.6 Å². The van der Waals surface area contributed by atoms with E-state index in [1.807, 2.05) is 27.0 Å². The number of rotatable bonds is 5. The van der Waals surface area contributed by atoms with Gasteiger partial charge >= 0.3 is 0 Å². The highest BCUT2D eigenvalue weighted by Gasteiger charge is 2.17. The minimum absolute atomic E-state index is 0.165. The van der Waals surface area contributed by atoms with Gasteiger partial charge in [0.15, 0.2) is 0 Å². The molecule has 1 N–H and O–H groups in total. The van der Waals surface area contributed by atoms with Gasteiger partial charge in [-0.05, 0) is 49.7 Å². The number of aryl methyl sites for hydroxylation is 1. The molecule has 1 heterocycles. The van der Waals surface area contributed by atoms with Crippen molar-refractivity contribution in [1.29, 1.82) is 0 Å². The van der Waals surface area contributed by atoms with E-state index in [0.29, 0.717) is 12.1 Å². The number of nitrogens with zero attached hydrogens (tertiary/aromatic N) is 2. The van der Waals surface area contributed by atoms with Crippen molar-refractivity contribution in [3.8, 4) is 0 Å². The first-order valence-electron chi connectivity index (χ1n) is 7.57. The SMILES string of the molecule is Cc1cc(CNC(=O)c2ccc(S(=O)(=O)N(C)C)cc2)c(C)n1C. The summed E-state index contributed by atoms with van der Waals surface area (Å²) in [6.45, 7) is 4.46. The third-order valence-electron chi connectivity index (χ3n) is 4.21. The maximum absolute atomic E-state index is 12.2. The maximum Gasteiger partial charge on any atom is 0.251 e. The molecule has 0 aliphatic heterocycles. The minimum Gasteiger partial charge on any atom is -0.352 e. The summed E-state index contributed by atoms with van der Waals surface area (Å²) < 4.78 is 27.3. The van der Waals surface area contributed by atoms with Crippen molar-refractivity contribution in [2.24, 2.45) is 7.05 Å². The number of aromatic nitrogens is 1. The van der Waals surface area contributed by atoms with Crippen LogP contribution in [0.15, 0.2) is 35.2 Å². The first-order valence-corrected chi connectivity index (χ1v) is 9.01. The van der Waals surface area contributed by atoms with Crippen molar-refractivity contribution in [3.05, 3.63) is 52.8 Å². The molecule has 6 nitrogen and oxygen atoms in total. The van der Waals surface area contributed by atoms with Crippen LogP contribution in [0.5, 0.6) is 0 Å². The average molecular weight is 349 g/mol. The Morgan fingerprint density at radius 1 is 1.17 bits per heavy atom. The smallest absolute Gasteiger partial charge is 0.251 e. The fourth-order valence-electron chi connectivity index (χ4n) is 2.38. The van der Waals surface area contributed by atoms with E-state index in [2.05, 4.69) is 9.88 Å². The van der Waals surface area contributed by atoms with Gasteiger partial charge in [-0.1, -0.05) is 0 Å². The van der Waals surface area contributed by atoms with Crippen LogP contribution >= 0.6 is 0 Å².